The van der Waals surface area contributed by atoms with Crippen molar-refractivity contribution < 1.29 is 25.6 Å². The lowest BCUT2D eigenvalue weighted by molar-refractivity contribution is 0.482. The molecule has 0 atom stereocenters. The van der Waals surface area contributed by atoms with Crippen LogP contribution in [0.1, 0.15) is 0 Å². The second-order valence-electron chi connectivity index (χ2n) is 4.03. The molecule has 112 valence electrons. The third-order valence-electron chi connectivity index (χ3n) is 2.51. The minimum atomic E-state index is -4.42. The summed E-state index contributed by atoms with van der Waals surface area (Å²) in [7, 11) is -8.50. The molecule has 21 heavy (non-hydrogen) atoms. The number of nitrogen functional groups attached to an aromatic ring is 1. The van der Waals surface area contributed by atoms with Crippen LogP contribution in [0, 0.1) is 0 Å². The van der Waals surface area contributed by atoms with E-state index >= 15 is 0 Å². The van der Waals surface area contributed by atoms with Crippen LogP contribution < -0.4 is 9.92 Å². The van der Waals surface area contributed by atoms with E-state index in [0.29, 0.717) is 0 Å². The van der Waals surface area contributed by atoms with Crippen LogP contribution >= 0.6 is 0 Å². The minimum absolute atomic E-state index is 0.0664. The smallest absolute Gasteiger partial charge is 0.339 e. The second-order valence-corrected chi connectivity index (χ2v) is 6.99. The Morgan fingerprint density at radius 2 is 1.52 bits per heavy atom. The van der Waals surface area contributed by atoms with Crippen molar-refractivity contribution in [1.29, 1.82) is 0 Å². The molecule has 0 bridgehead atoms. The van der Waals surface area contributed by atoms with Gasteiger partial charge in [0.25, 0.3) is 10.1 Å². The highest BCUT2D eigenvalue weighted by Gasteiger charge is 2.19. The predicted octanol–water partition coefficient (Wildman–Crippen LogP) is 1.28. The zero-order valence-electron chi connectivity index (χ0n) is 10.5. The monoisotopic (exact) mass is 329 g/mol. The number of hydrogen-bond donors (Lipinski definition) is 2. The maximum atomic E-state index is 12.0. The first-order valence-electron chi connectivity index (χ1n) is 5.57. The van der Waals surface area contributed by atoms with Crippen molar-refractivity contribution >= 4 is 25.9 Å². The molecule has 9 heteroatoms. The standard InChI is InChI=1S/C12H11NO6S2/c13-11-8-10(20(14,15)16)6-7-12(11)19-21(17,18)9-4-2-1-3-5-9/h1-8H,13H2,(H,14,15,16). The molecule has 0 aliphatic heterocycles. The van der Waals surface area contributed by atoms with E-state index in [4.69, 9.17) is 14.5 Å². The molecule has 3 N–H and O–H groups in total. The van der Waals surface area contributed by atoms with Crippen LogP contribution in [0.4, 0.5) is 5.69 Å². The van der Waals surface area contributed by atoms with Crippen molar-refractivity contribution in [1.82, 2.24) is 0 Å². The van der Waals surface area contributed by atoms with Gasteiger partial charge in [0.2, 0.25) is 0 Å². The van der Waals surface area contributed by atoms with Crippen LogP contribution in [0.5, 0.6) is 5.75 Å². The van der Waals surface area contributed by atoms with E-state index in [0.717, 1.165) is 18.2 Å². The van der Waals surface area contributed by atoms with E-state index < -0.39 is 25.1 Å². The van der Waals surface area contributed by atoms with Crippen molar-refractivity contribution in [2.24, 2.45) is 0 Å². The van der Waals surface area contributed by atoms with Crippen LogP contribution in [0.25, 0.3) is 0 Å². The van der Waals surface area contributed by atoms with E-state index in [-0.39, 0.29) is 16.3 Å². The molecule has 0 fully saturated rings. The summed E-state index contributed by atoms with van der Waals surface area (Å²) >= 11 is 0. The van der Waals surface area contributed by atoms with Gasteiger partial charge in [0.05, 0.1) is 10.6 Å². The second kappa shape index (κ2) is 5.35. The Bertz CT molecular complexity index is 860. The van der Waals surface area contributed by atoms with Gasteiger partial charge in [-0.05, 0) is 30.3 Å². The molecule has 0 unspecified atom stereocenters. The first kappa shape index (κ1) is 15.3. The lowest BCUT2D eigenvalue weighted by atomic mass is 10.3. The number of anilines is 1. The summed E-state index contributed by atoms with van der Waals surface area (Å²) < 4.78 is 59.6. The van der Waals surface area contributed by atoms with Gasteiger partial charge >= 0.3 is 10.1 Å². The average molecular weight is 329 g/mol. The lowest BCUT2D eigenvalue weighted by Gasteiger charge is -2.09. The fraction of sp³-hybridized carbons (Fsp3) is 0. The van der Waals surface area contributed by atoms with E-state index in [1.54, 1.807) is 6.07 Å². The summed E-state index contributed by atoms with van der Waals surface area (Å²) in [6.45, 7) is 0. The van der Waals surface area contributed by atoms with Crippen LogP contribution in [-0.2, 0) is 20.2 Å². The molecule has 0 amide bonds. The molecule has 0 radical (unpaired) electrons. The summed E-state index contributed by atoms with van der Waals surface area (Å²) in [5.74, 6) is -0.230. The zero-order valence-corrected chi connectivity index (χ0v) is 12.1. The largest absolute Gasteiger partial charge is 0.396 e. The van der Waals surface area contributed by atoms with E-state index in [1.807, 2.05) is 0 Å². The predicted molar refractivity (Wildman–Crippen MR) is 74.9 cm³/mol. The van der Waals surface area contributed by atoms with E-state index in [9.17, 15) is 16.8 Å². The van der Waals surface area contributed by atoms with Gasteiger partial charge in [0.1, 0.15) is 4.90 Å². The molecule has 0 saturated carbocycles. The Morgan fingerprint density at radius 3 is 2.05 bits per heavy atom. The summed E-state index contributed by atoms with van der Waals surface area (Å²) in [6, 6.07) is 10.3. The summed E-state index contributed by atoms with van der Waals surface area (Å²) in [4.78, 5) is -0.521. The molecular formula is C12H11NO6S2. The van der Waals surface area contributed by atoms with Crippen molar-refractivity contribution in [2.75, 3.05) is 5.73 Å². The maximum Gasteiger partial charge on any atom is 0.339 e. The Balaban J connectivity index is 2.37. The normalized spacial score (nSPS) is 12.0. The van der Waals surface area contributed by atoms with Crippen LogP contribution in [0.2, 0.25) is 0 Å². The van der Waals surface area contributed by atoms with Crippen molar-refractivity contribution in [3.8, 4) is 5.75 Å². The number of benzene rings is 2. The van der Waals surface area contributed by atoms with Crippen LogP contribution in [0.3, 0.4) is 0 Å². The van der Waals surface area contributed by atoms with Gasteiger partial charge in [-0.15, -0.1) is 0 Å². The van der Waals surface area contributed by atoms with Gasteiger partial charge in [-0.2, -0.15) is 16.8 Å². The van der Waals surface area contributed by atoms with Gasteiger partial charge in [-0.25, -0.2) is 0 Å². The number of rotatable bonds is 4. The lowest BCUT2D eigenvalue weighted by Crippen LogP contribution is -2.11. The minimum Gasteiger partial charge on any atom is -0.396 e. The average Bonchev–Trinajstić information content (AvgIpc) is 2.41. The molecule has 0 aromatic heterocycles. The quantitative estimate of drug-likeness (QED) is 0.492. The van der Waals surface area contributed by atoms with Crippen molar-refractivity contribution in [3.63, 3.8) is 0 Å². The fourth-order valence-electron chi connectivity index (χ4n) is 1.52. The molecule has 2 rings (SSSR count). The molecular weight excluding hydrogens is 318 g/mol. The summed E-state index contributed by atoms with van der Waals surface area (Å²) in [6.07, 6.45) is 0. The molecule has 2 aromatic carbocycles. The Morgan fingerprint density at radius 1 is 0.905 bits per heavy atom. The van der Waals surface area contributed by atoms with Gasteiger partial charge in [0, 0.05) is 0 Å². The Kier molecular flexibility index (Phi) is 3.90. The fourth-order valence-corrected chi connectivity index (χ4v) is 3.01. The number of hydrogen-bond acceptors (Lipinski definition) is 6. The topological polar surface area (TPSA) is 124 Å². The summed E-state index contributed by atoms with van der Waals surface area (Å²) in [5, 5.41) is 0. The van der Waals surface area contributed by atoms with Crippen LogP contribution in [-0.4, -0.2) is 21.4 Å². The molecule has 2 aromatic rings. The maximum absolute atomic E-state index is 12.0. The van der Waals surface area contributed by atoms with Crippen molar-refractivity contribution in [2.45, 2.75) is 9.79 Å². The molecule has 0 saturated heterocycles. The molecule has 0 aliphatic carbocycles. The highest BCUT2D eigenvalue weighted by Crippen LogP contribution is 2.27. The van der Waals surface area contributed by atoms with Gasteiger partial charge in [-0.3, -0.25) is 4.55 Å². The molecule has 0 heterocycles. The first-order chi connectivity index (χ1) is 9.70. The van der Waals surface area contributed by atoms with E-state index in [2.05, 4.69) is 0 Å². The van der Waals surface area contributed by atoms with Gasteiger partial charge in [0.15, 0.2) is 5.75 Å². The highest BCUT2D eigenvalue weighted by atomic mass is 32.2. The Hall–Kier alpha value is -2.10. The van der Waals surface area contributed by atoms with Gasteiger partial charge in [-0.1, -0.05) is 18.2 Å². The number of nitrogens with two attached hydrogens (primary N) is 1. The van der Waals surface area contributed by atoms with Gasteiger partial charge < -0.3 is 9.92 Å². The Labute approximate surface area is 121 Å². The summed E-state index contributed by atoms with van der Waals surface area (Å²) in [5.41, 5.74) is 5.31. The SMILES string of the molecule is Nc1cc(S(=O)(=O)O)ccc1OS(=O)(=O)c1ccccc1. The zero-order chi connectivity index (χ0) is 15.7. The van der Waals surface area contributed by atoms with Crippen molar-refractivity contribution in [3.05, 3.63) is 48.5 Å². The highest BCUT2D eigenvalue weighted by molar-refractivity contribution is 7.87. The molecule has 0 aliphatic rings. The van der Waals surface area contributed by atoms with E-state index in [1.165, 1.54) is 24.3 Å². The molecule has 7 nitrogen and oxygen atoms in total. The molecule has 0 spiro atoms. The van der Waals surface area contributed by atoms with Crippen LogP contribution in [0.15, 0.2) is 58.3 Å². The first-order valence-corrected chi connectivity index (χ1v) is 8.41. The third-order valence-corrected chi connectivity index (χ3v) is 4.61. The third kappa shape index (κ3) is 3.51.